The molecule has 8 heteroatoms. The van der Waals surface area contributed by atoms with E-state index >= 15 is 0 Å². The summed E-state index contributed by atoms with van der Waals surface area (Å²) in [5.74, 6) is -1.49. The van der Waals surface area contributed by atoms with Crippen LogP contribution in [0.15, 0.2) is 0 Å². The molecule has 1 N–H and O–H groups in total. The van der Waals surface area contributed by atoms with Gasteiger partial charge in [0.05, 0.1) is 15.1 Å². The van der Waals surface area contributed by atoms with E-state index in [2.05, 4.69) is 4.74 Å². The largest absolute Gasteiger partial charge is 1.00 e. The van der Waals surface area contributed by atoms with E-state index in [0.717, 1.165) is 0 Å². The van der Waals surface area contributed by atoms with Crippen molar-refractivity contribution in [1.29, 1.82) is 0 Å². The molecular formula is C4H4NaO6P. The van der Waals surface area contributed by atoms with Crippen molar-refractivity contribution in [3.05, 3.63) is 0 Å². The van der Waals surface area contributed by atoms with Crippen molar-refractivity contribution in [3.8, 4) is 0 Å². The Balaban J connectivity index is 0. The number of hydrogen-bond donors (Lipinski definition) is 1. The molecule has 1 fully saturated rings. The fourth-order valence-corrected chi connectivity index (χ4v) is 0.463. The molecule has 0 aromatic heterocycles. The van der Waals surface area contributed by atoms with Gasteiger partial charge in [-0.3, -0.25) is 9.36 Å². The second-order valence-electron chi connectivity index (χ2n) is 1.59. The summed E-state index contributed by atoms with van der Waals surface area (Å²) in [6.07, 6.45) is -1.42. The summed E-state index contributed by atoms with van der Waals surface area (Å²) in [7, 11) is -1.08. The van der Waals surface area contributed by atoms with E-state index in [1.54, 1.807) is 0 Å². The molecule has 6 nitrogen and oxygen atoms in total. The second-order valence-corrected chi connectivity index (χ2v) is 1.74. The Morgan fingerprint density at radius 2 is 2.00 bits per heavy atom. The third-order valence-corrected chi connectivity index (χ3v) is 0.847. The minimum absolute atomic E-state index is 0. The molecule has 1 heterocycles. The molecule has 0 spiro atoms. The van der Waals surface area contributed by atoms with Crippen LogP contribution in [0, 0.1) is 0 Å². The van der Waals surface area contributed by atoms with E-state index in [4.69, 9.17) is 14.6 Å². The summed E-state index contributed by atoms with van der Waals surface area (Å²) in [6.45, 7) is 0. The Hall–Kier alpha value is 0.160. The second kappa shape index (κ2) is 7.79. The molecule has 1 rings (SSSR count). The third kappa shape index (κ3) is 5.77. The zero-order chi connectivity index (χ0) is 8.85. The van der Waals surface area contributed by atoms with Gasteiger partial charge < -0.3 is 14.7 Å². The van der Waals surface area contributed by atoms with Gasteiger partial charge >= 0.3 is 41.5 Å². The summed E-state index contributed by atoms with van der Waals surface area (Å²) in [4.78, 5) is 28.5. The zero-order valence-electron chi connectivity index (χ0n) is 6.22. The zero-order valence-corrected chi connectivity index (χ0v) is 9.11. The average molecular weight is 202 g/mol. The minimum Gasteiger partial charge on any atom is -0.772 e. The number of aliphatic hydroxyl groups excluding tert-OH is 1. The molecular weight excluding hydrogens is 198 g/mol. The standard InChI is InChI=1S/C4H4O4.Na.HO2P/c5-2-1-3(6)8-4(2)7;;1-3-2/h2,5H,1H2;;(H,1,2)/q;+1;/p-1. The van der Waals surface area contributed by atoms with Gasteiger partial charge in [-0.25, -0.2) is 4.79 Å². The van der Waals surface area contributed by atoms with Gasteiger partial charge in [0.15, 0.2) is 6.10 Å². The molecule has 1 saturated heterocycles. The van der Waals surface area contributed by atoms with E-state index in [9.17, 15) is 9.59 Å². The SMILES string of the molecule is O=C1CC(O)C(=O)O1.O=P[O-].[Na+]. The van der Waals surface area contributed by atoms with Gasteiger partial charge in [-0.05, 0) is 0 Å². The van der Waals surface area contributed by atoms with Gasteiger partial charge in [0.1, 0.15) is 0 Å². The Morgan fingerprint density at radius 1 is 1.58 bits per heavy atom. The summed E-state index contributed by atoms with van der Waals surface area (Å²) < 4.78 is 12.3. The first kappa shape index (κ1) is 14.7. The van der Waals surface area contributed by atoms with Crippen molar-refractivity contribution in [2.75, 3.05) is 0 Å². The number of aliphatic hydroxyl groups is 1. The molecule has 1 aliphatic rings. The number of esters is 2. The molecule has 1 unspecified atom stereocenters. The van der Waals surface area contributed by atoms with E-state index in [1.807, 2.05) is 0 Å². The molecule has 0 radical (unpaired) electrons. The molecule has 0 aromatic rings. The third-order valence-electron chi connectivity index (χ3n) is 0.847. The van der Waals surface area contributed by atoms with Crippen molar-refractivity contribution < 1.29 is 58.4 Å². The Kier molecular flexibility index (Phi) is 9.53. The van der Waals surface area contributed by atoms with Crippen LogP contribution in [0.1, 0.15) is 6.42 Å². The minimum atomic E-state index is -1.22. The number of cyclic esters (lactones) is 2. The first-order valence-electron chi connectivity index (χ1n) is 2.49. The summed E-state index contributed by atoms with van der Waals surface area (Å²) in [5.41, 5.74) is 0. The molecule has 0 aromatic carbocycles. The summed E-state index contributed by atoms with van der Waals surface area (Å²) in [5, 5.41) is 8.47. The summed E-state index contributed by atoms with van der Waals surface area (Å²) >= 11 is 0. The van der Waals surface area contributed by atoms with Gasteiger partial charge in [0.25, 0.3) is 0 Å². The first-order valence-corrected chi connectivity index (χ1v) is 3.22. The fraction of sp³-hybridized carbons (Fsp3) is 0.500. The van der Waals surface area contributed by atoms with Crippen LogP contribution in [0.2, 0.25) is 0 Å². The Morgan fingerprint density at radius 3 is 2.08 bits per heavy atom. The number of ether oxygens (including phenoxy) is 1. The molecule has 0 aliphatic carbocycles. The average Bonchev–Trinajstić information content (AvgIpc) is 2.12. The number of carbonyl (C=O) groups excluding carboxylic acids is 2. The van der Waals surface area contributed by atoms with Crippen LogP contribution in [-0.2, 0) is 18.9 Å². The quantitative estimate of drug-likeness (QED) is 0.183. The molecule has 0 saturated carbocycles. The van der Waals surface area contributed by atoms with Gasteiger partial charge in [0, 0.05) is 0 Å². The van der Waals surface area contributed by atoms with Crippen molar-refractivity contribution in [3.63, 3.8) is 0 Å². The van der Waals surface area contributed by atoms with Gasteiger partial charge in [-0.2, -0.15) is 0 Å². The van der Waals surface area contributed by atoms with E-state index in [-0.39, 0.29) is 36.0 Å². The van der Waals surface area contributed by atoms with Crippen LogP contribution in [0.25, 0.3) is 0 Å². The Bertz CT molecular complexity index is 182. The van der Waals surface area contributed by atoms with Gasteiger partial charge in [-0.15, -0.1) is 0 Å². The Labute approximate surface area is 91.5 Å². The number of hydrogen-bond acceptors (Lipinski definition) is 6. The number of rotatable bonds is 0. The summed E-state index contributed by atoms with van der Waals surface area (Å²) in [6, 6.07) is 0. The van der Waals surface area contributed by atoms with Gasteiger partial charge in [0.2, 0.25) is 0 Å². The monoisotopic (exact) mass is 202 g/mol. The predicted molar refractivity (Wildman–Crippen MR) is 29.3 cm³/mol. The molecule has 0 amide bonds. The molecule has 1 aliphatic heterocycles. The maximum atomic E-state index is 10.1. The van der Waals surface area contributed by atoms with Crippen LogP contribution in [0.4, 0.5) is 0 Å². The first-order chi connectivity index (χ1) is 5.11. The maximum absolute atomic E-state index is 10.1. The molecule has 62 valence electrons. The van der Waals surface area contributed by atoms with Crippen molar-refractivity contribution in [2.24, 2.45) is 0 Å². The normalized spacial score (nSPS) is 20.7. The van der Waals surface area contributed by atoms with E-state index in [0.29, 0.717) is 0 Å². The predicted octanol–water partition coefficient (Wildman–Crippen LogP) is -4.62. The van der Waals surface area contributed by atoms with E-state index in [1.165, 1.54) is 0 Å². The smallest absolute Gasteiger partial charge is 0.772 e. The van der Waals surface area contributed by atoms with Gasteiger partial charge in [-0.1, -0.05) is 0 Å². The topological polar surface area (TPSA) is 104 Å². The molecule has 1 atom stereocenters. The van der Waals surface area contributed by atoms with Crippen LogP contribution >= 0.6 is 8.69 Å². The van der Waals surface area contributed by atoms with E-state index < -0.39 is 26.7 Å². The van der Waals surface area contributed by atoms with Crippen LogP contribution in [-0.4, -0.2) is 23.1 Å². The van der Waals surface area contributed by atoms with Crippen LogP contribution < -0.4 is 34.5 Å². The van der Waals surface area contributed by atoms with Crippen molar-refractivity contribution in [1.82, 2.24) is 0 Å². The van der Waals surface area contributed by atoms with Crippen LogP contribution in [0.3, 0.4) is 0 Å². The van der Waals surface area contributed by atoms with Crippen molar-refractivity contribution in [2.45, 2.75) is 12.5 Å². The molecule has 0 bridgehead atoms. The van der Waals surface area contributed by atoms with Crippen LogP contribution in [0.5, 0.6) is 0 Å². The van der Waals surface area contributed by atoms with Crippen molar-refractivity contribution >= 4 is 20.6 Å². The molecule has 12 heavy (non-hydrogen) atoms. The number of carbonyl (C=O) groups is 2. The maximum Gasteiger partial charge on any atom is 1.00 e. The fourth-order valence-electron chi connectivity index (χ4n) is 0.463.